The van der Waals surface area contributed by atoms with Crippen LogP contribution in [0, 0.1) is 6.92 Å². The number of hydrogen-bond donors (Lipinski definition) is 2. The van der Waals surface area contributed by atoms with Crippen molar-refractivity contribution in [3.05, 3.63) is 59.7 Å². The second-order valence-electron chi connectivity index (χ2n) is 4.83. The zero-order valence-corrected chi connectivity index (χ0v) is 12.1. The average molecular weight is 282 g/mol. The molecule has 2 amide bonds. The zero-order valence-electron chi connectivity index (χ0n) is 12.1. The molecule has 4 heteroatoms. The van der Waals surface area contributed by atoms with Crippen LogP contribution in [-0.4, -0.2) is 11.8 Å². The van der Waals surface area contributed by atoms with E-state index in [1.165, 1.54) is 5.56 Å². The molecular formula is C17H18N2O2. The first-order valence-corrected chi connectivity index (χ1v) is 6.86. The van der Waals surface area contributed by atoms with E-state index in [1.54, 1.807) is 24.3 Å². The van der Waals surface area contributed by atoms with Gasteiger partial charge in [0.05, 0.1) is 0 Å². The molecule has 0 atom stereocenters. The summed E-state index contributed by atoms with van der Waals surface area (Å²) in [6.07, 6.45) is 0.933. The van der Waals surface area contributed by atoms with E-state index in [0.29, 0.717) is 11.4 Å². The molecule has 0 radical (unpaired) electrons. The van der Waals surface area contributed by atoms with Crippen molar-refractivity contribution in [3.63, 3.8) is 0 Å². The molecule has 21 heavy (non-hydrogen) atoms. The molecule has 0 aliphatic heterocycles. The van der Waals surface area contributed by atoms with Crippen molar-refractivity contribution >= 4 is 23.2 Å². The first-order valence-electron chi connectivity index (χ1n) is 6.86. The van der Waals surface area contributed by atoms with Crippen molar-refractivity contribution in [1.82, 2.24) is 0 Å². The Labute approximate surface area is 124 Å². The average Bonchev–Trinajstić information content (AvgIpc) is 2.48. The van der Waals surface area contributed by atoms with Crippen LogP contribution >= 0.6 is 0 Å². The van der Waals surface area contributed by atoms with Gasteiger partial charge in [0.25, 0.3) is 0 Å². The molecular weight excluding hydrogens is 264 g/mol. The monoisotopic (exact) mass is 282 g/mol. The number of rotatable bonds is 3. The molecule has 0 saturated carbocycles. The van der Waals surface area contributed by atoms with E-state index in [4.69, 9.17) is 0 Å². The Morgan fingerprint density at radius 1 is 0.905 bits per heavy atom. The van der Waals surface area contributed by atoms with Gasteiger partial charge < -0.3 is 10.6 Å². The number of aryl methyl sites for hydroxylation is 2. The van der Waals surface area contributed by atoms with E-state index >= 15 is 0 Å². The van der Waals surface area contributed by atoms with Gasteiger partial charge in [0.2, 0.25) is 0 Å². The normalized spacial score (nSPS) is 10.0. The molecule has 0 spiro atoms. The number of hydrogen-bond acceptors (Lipinski definition) is 2. The molecule has 0 heterocycles. The molecule has 108 valence electrons. The highest BCUT2D eigenvalue weighted by Crippen LogP contribution is 2.11. The molecule has 0 unspecified atom stereocenters. The number of carbonyl (C=O) groups excluding carboxylic acids is 2. The Bertz CT molecular complexity index is 648. The smallest absolute Gasteiger partial charge is 0.314 e. The fourth-order valence-electron chi connectivity index (χ4n) is 1.92. The molecule has 0 aliphatic carbocycles. The van der Waals surface area contributed by atoms with Crippen molar-refractivity contribution < 1.29 is 9.59 Å². The van der Waals surface area contributed by atoms with Crippen molar-refractivity contribution in [3.8, 4) is 0 Å². The summed E-state index contributed by atoms with van der Waals surface area (Å²) in [5.41, 5.74) is 3.41. The van der Waals surface area contributed by atoms with Gasteiger partial charge in [0, 0.05) is 11.4 Å². The van der Waals surface area contributed by atoms with Gasteiger partial charge in [-0.25, -0.2) is 0 Å². The van der Waals surface area contributed by atoms with E-state index in [-0.39, 0.29) is 0 Å². The lowest BCUT2D eigenvalue weighted by atomic mass is 10.1. The van der Waals surface area contributed by atoms with Gasteiger partial charge in [-0.2, -0.15) is 0 Å². The van der Waals surface area contributed by atoms with Crippen molar-refractivity contribution in [2.24, 2.45) is 0 Å². The van der Waals surface area contributed by atoms with Crippen LogP contribution < -0.4 is 10.6 Å². The fraction of sp³-hybridized carbons (Fsp3) is 0.176. The van der Waals surface area contributed by atoms with Crippen LogP contribution in [0.3, 0.4) is 0 Å². The molecule has 2 aromatic rings. The Morgan fingerprint density at radius 2 is 1.52 bits per heavy atom. The maximum absolute atomic E-state index is 11.8. The molecule has 2 N–H and O–H groups in total. The van der Waals surface area contributed by atoms with E-state index in [0.717, 1.165) is 12.0 Å². The van der Waals surface area contributed by atoms with Gasteiger partial charge in [-0.05, 0) is 48.7 Å². The molecule has 0 saturated heterocycles. The highest BCUT2D eigenvalue weighted by molar-refractivity contribution is 6.43. The van der Waals surface area contributed by atoms with Gasteiger partial charge in [0.15, 0.2) is 0 Å². The van der Waals surface area contributed by atoms with E-state index in [1.807, 2.05) is 31.2 Å². The Kier molecular flexibility index (Phi) is 4.72. The van der Waals surface area contributed by atoms with Gasteiger partial charge in [-0.3, -0.25) is 9.59 Å². The quantitative estimate of drug-likeness (QED) is 0.850. The van der Waals surface area contributed by atoms with Crippen LogP contribution in [0.25, 0.3) is 0 Å². The number of nitrogens with one attached hydrogen (secondary N) is 2. The van der Waals surface area contributed by atoms with Gasteiger partial charge in [-0.1, -0.05) is 31.2 Å². The number of amides is 2. The van der Waals surface area contributed by atoms with Crippen LogP contribution in [0.2, 0.25) is 0 Å². The van der Waals surface area contributed by atoms with Gasteiger partial charge in [-0.15, -0.1) is 0 Å². The zero-order chi connectivity index (χ0) is 15.2. The molecule has 2 rings (SSSR count). The van der Waals surface area contributed by atoms with E-state index in [9.17, 15) is 9.59 Å². The van der Waals surface area contributed by atoms with Crippen LogP contribution in [0.15, 0.2) is 48.5 Å². The van der Waals surface area contributed by atoms with Crippen LogP contribution in [0.4, 0.5) is 11.4 Å². The summed E-state index contributed by atoms with van der Waals surface area (Å²) in [6.45, 7) is 3.98. The lowest BCUT2D eigenvalue weighted by Gasteiger charge is -2.07. The summed E-state index contributed by atoms with van der Waals surface area (Å²) in [6, 6.07) is 14.7. The van der Waals surface area contributed by atoms with Crippen molar-refractivity contribution in [1.29, 1.82) is 0 Å². The topological polar surface area (TPSA) is 58.2 Å². The highest BCUT2D eigenvalue weighted by Gasteiger charge is 2.13. The second-order valence-corrected chi connectivity index (χ2v) is 4.83. The fourth-order valence-corrected chi connectivity index (χ4v) is 1.92. The third-order valence-corrected chi connectivity index (χ3v) is 3.10. The minimum Gasteiger partial charge on any atom is -0.318 e. The van der Waals surface area contributed by atoms with Crippen LogP contribution in [0.5, 0.6) is 0 Å². The largest absolute Gasteiger partial charge is 0.318 e. The summed E-state index contributed by atoms with van der Waals surface area (Å²) in [4.78, 5) is 23.7. The Hall–Kier alpha value is -2.62. The maximum atomic E-state index is 11.8. The minimum atomic E-state index is -0.680. The van der Waals surface area contributed by atoms with Crippen molar-refractivity contribution in [2.45, 2.75) is 20.3 Å². The number of anilines is 2. The predicted octanol–water partition coefficient (Wildman–Crippen LogP) is 3.13. The van der Waals surface area contributed by atoms with Crippen molar-refractivity contribution in [2.75, 3.05) is 10.6 Å². The summed E-state index contributed by atoms with van der Waals surface area (Å²) in [5.74, 6) is -1.36. The minimum absolute atomic E-state index is 0.608. The van der Waals surface area contributed by atoms with Crippen LogP contribution in [0.1, 0.15) is 18.1 Å². The third kappa shape index (κ3) is 4.18. The first-order chi connectivity index (χ1) is 10.1. The number of benzene rings is 2. The Balaban J connectivity index is 1.97. The summed E-state index contributed by atoms with van der Waals surface area (Å²) in [7, 11) is 0. The molecule has 0 bridgehead atoms. The predicted molar refractivity (Wildman–Crippen MR) is 84.3 cm³/mol. The SMILES string of the molecule is CCc1ccc(NC(=O)C(=O)Nc2cccc(C)c2)cc1. The summed E-state index contributed by atoms with van der Waals surface area (Å²) >= 11 is 0. The molecule has 0 fully saturated rings. The Morgan fingerprint density at radius 3 is 2.10 bits per heavy atom. The van der Waals surface area contributed by atoms with E-state index < -0.39 is 11.8 Å². The standard InChI is InChI=1S/C17H18N2O2/c1-3-13-7-9-14(10-8-13)18-16(20)17(21)19-15-6-4-5-12(2)11-15/h4-11H,3H2,1-2H3,(H,18,20)(H,19,21). The molecule has 4 nitrogen and oxygen atoms in total. The van der Waals surface area contributed by atoms with Crippen LogP contribution in [-0.2, 0) is 16.0 Å². The maximum Gasteiger partial charge on any atom is 0.314 e. The first kappa shape index (κ1) is 14.8. The van der Waals surface area contributed by atoms with Gasteiger partial charge >= 0.3 is 11.8 Å². The van der Waals surface area contributed by atoms with E-state index in [2.05, 4.69) is 17.6 Å². The second kappa shape index (κ2) is 6.70. The third-order valence-electron chi connectivity index (χ3n) is 3.10. The van der Waals surface area contributed by atoms with Gasteiger partial charge in [0.1, 0.15) is 0 Å². The molecule has 2 aromatic carbocycles. The lowest BCUT2D eigenvalue weighted by molar-refractivity contribution is -0.132. The number of carbonyl (C=O) groups is 2. The molecule has 0 aromatic heterocycles. The summed E-state index contributed by atoms with van der Waals surface area (Å²) < 4.78 is 0. The lowest BCUT2D eigenvalue weighted by Crippen LogP contribution is -2.29. The molecule has 0 aliphatic rings. The summed E-state index contributed by atoms with van der Waals surface area (Å²) in [5, 5.41) is 5.15. The highest BCUT2D eigenvalue weighted by atomic mass is 16.2.